The molecular weight excluding hydrogens is 625 g/mol. The molecule has 3 heterocycles. The van der Waals surface area contributed by atoms with Gasteiger partial charge < -0.3 is 23.7 Å². The van der Waals surface area contributed by atoms with E-state index in [1.807, 2.05) is 24.7 Å². The van der Waals surface area contributed by atoms with Gasteiger partial charge in [-0.15, -0.1) is 0 Å². The molecule has 3 aromatic carbocycles. The summed E-state index contributed by atoms with van der Waals surface area (Å²) >= 11 is 12.3. The third kappa shape index (κ3) is 7.08. The Hall–Kier alpha value is -3.89. The van der Waals surface area contributed by atoms with Crippen LogP contribution in [0.1, 0.15) is 58.9 Å². The second-order valence-corrected chi connectivity index (χ2v) is 12.5. The number of carboxylic acid groups (broad SMARTS) is 1. The second-order valence-electron chi connectivity index (χ2n) is 11.7. The van der Waals surface area contributed by atoms with Gasteiger partial charge in [-0.2, -0.15) is 0 Å². The number of hydrogen-bond acceptors (Lipinski definition) is 6. The van der Waals surface area contributed by atoms with Crippen LogP contribution in [0.4, 0.5) is 0 Å². The van der Waals surface area contributed by atoms with Crippen molar-refractivity contribution >= 4 is 40.2 Å². The number of piperidine rings is 1. The number of ether oxygens (including phenoxy) is 2. The van der Waals surface area contributed by atoms with Crippen LogP contribution >= 0.6 is 23.2 Å². The Morgan fingerprint density at radius 2 is 1.89 bits per heavy atom. The summed E-state index contributed by atoms with van der Waals surface area (Å²) in [5.41, 5.74) is 5.08. The van der Waals surface area contributed by atoms with E-state index in [9.17, 15) is 9.90 Å². The molecular formula is C35H37Cl2N5O4. The van der Waals surface area contributed by atoms with Gasteiger partial charge >= 0.3 is 5.97 Å². The van der Waals surface area contributed by atoms with Gasteiger partial charge in [0.25, 0.3) is 0 Å². The molecule has 0 bridgehead atoms. The van der Waals surface area contributed by atoms with E-state index in [0.29, 0.717) is 41.4 Å². The third-order valence-corrected chi connectivity index (χ3v) is 9.31. The SMILES string of the molecule is CCn1cncc1Cn1c(CN2CCC([C@H](OC)c3cccc(COc4ccc(Cl)cc4Cl)c3)CC2)nc2ccc(C(=O)O)cc21. The number of aromatic carboxylic acids is 1. The summed E-state index contributed by atoms with van der Waals surface area (Å²) < 4.78 is 16.3. The molecule has 0 saturated carbocycles. The Bertz CT molecular complexity index is 1830. The zero-order chi connectivity index (χ0) is 32.2. The molecule has 240 valence electrons. The van der Waals surface area contributed by atoms with Gasteiger partial charge in [-0.05, 0) is 92.4 Å². The molecule has 6 rings (SSSR count). The van der Waals surface area contributed by atoms with Crippen molar-refractivity contribution in [1.82, 2.24) is 24.0 Å². The van der Waals surface area contributed by atoms with Crippen molar-refractivity contribution in [2.45, 2.75) is 52.1 Å². The lowest BCUT2D eigenvalue weighted by atomic mass is 9.87. The summed E-state index contributed by atoms with van der Waals surface area (Å²) in [5, 5.41) is 10.7. The van der Waals surface area contributed by atoms with Crippen molar-refractivity contribution in [2.75, 3.05) is 20.2 Å². The summed E-state index contributed by atoms with van der Waals surface area (Å²) in [6, 6.07) is 18.7. The number of carbonyl (C=O) groups is 1. The summed E-state index contributed by atoms with van der Waals surface area (Å²) in [5.74, 6) is 0.920. The number of likely N-dealkylation sites (tertiary alicyclic amines) is 1. The highest BCUT2D eigenvalue weighted by Gasteiger charge is 2.29. The van der Waals surface area contributed by atoms with Crippen LogP contribution in [0.25, 0.3) is 11.0 Å². The number of fused-ring (bicyclic) bond motifs is 1. The highest BCUT2D eigenvalue weighted by Crippen LogP contribution is 2.35. The predicted molar refractivity (Wildman–Crippen MR) is 179 cm³/mol. The van der Waals surface area contributed by atoms with Gasteiger partial charge in [0, 0.05) is 24.9 Å². The van der Waals surface area contributed by atoms with Crippen LogP contribution < -0.4 is 4.74 Å². The predicted octanol–water partition coefficient (Wildman–Crippen LogP) is 7.48. The fraction of sp³-hybridized carbons (Fsp3) is 0.343. The van der Waals surface area contributed by atoms with Crippen molar-refractivity contribution < 1.29 is 19.4 Å². The Balaban J connectivity index is 1.14. The van der Waals surface area contributed by atoms with Crippen molar-refractivity contribution in [2.24, 2.45) is 5.92 Å². The summed E-state index contributed by atoms with van der Waals surface area (Å²) in [6.45, 7) is 6.31. The average molecular weight is 663 g/mol. The topological polar surface area (TPSA) is 94.6 Å². The maximum Gasteiger partial charge on any atom is 0.335 e. The van der Waals surface area contributed by atoms with Crippen molar-refractivity contribution in [3.05, 3.63) is 111 Å². The number of nitrogens with zero attached hydrogens (tertiary/aromatic N) is 5. The van der Waals surface area contributed by atoms with Gasteiger partial charge in [0.2, 0.25) is 0 Å². The smallest absolute Gasteiger partial charge is 0.335 e. The zero-order valence-corrected chi connectivity index (χ0v) is 27.4. The molecule has 5 aromatic rings. The van der Waals surface area contributed by atoms with Gasteiger partial charge in [-0.3, -0.25) is 4.90 Å². The van der Waals surface area contributed by atoms with Crippen LogP contribution in [0.3, 0.4) is 0 Å². The fourth-order valence-electron chi connectivity index (χ4n) is 6.36. The lowest BCUT2D eigenvalue weighted by Crippen LogP contribution is -2.36. The minimum atomic E-state index is -0.950. The van der Waals surface area contributed by atoms with E-state index in [4.69, 9.17) is 37.7 Å². The maximum atomic E-state index is 11.8. The molecule has 0 spiro atoms. The molecule has 46 heavy (non-hydrogen) atoms. The van der Waals surface area contributed by atoms with Gasteiger partial charge in [0.1, 0.15) is 18.2 Å². The van der Waals surface area contributed by atoms with Gasteiger partial charge in [-0.1, -0.05) is 41.4 Å². The number of benzene rings is 3. The largest absolute Gasteiger partial charge is 0.487 e. The molecule has 0 radical (unpaired) electrons. The number of carboxylic acids is 1. The van der Waals surface area contributed by atoms with E-state index in [2.05, 4.69) is 38.1 Å². The van der Waals surface area contributed by atoms with E-state index >= 15 is 0 Å². The molecule has 1 fully saturated rings. The minimum absolute atomic E-state index is 0.0328. The minimum Gasteiger partial charge on any atom is -0.487 e. The summed E-state index contributed by atoms with van der Waals surface area (Å²) in [4.78, 5) is 23.5. The van der Waals surface area contributed by atoms with Crippen LogP contribution in [0.15, 0.2) is 73.2 Å². The number of methoxy groups -OCH3 is 1. The first-order valence-electron chi connectivity index (χ1n) is 15.5. The van der Waals surface area contributed by atoms with Crippen LogP contribution in [0.5, 0.6) is 5.75 Å². The van der Waals surface area contributed by atoms with Crippen molar-refractivity contribution in [3.63, 3.8) is 0 Å². The second kappa shape index (κ2) is 14.3. The van der Waals surface area contributed by atoms with Crippen LogP contribution in [0, 0.1) is 5.92 Å². The number of imidazole rings is 2. The number of rotatable bonds is 12. The monoisotopic (exact) mass is 661 g/mol. The quantitative estimate of drug-likeness (QED) is 0.148. The molecule has 0 aliphatic carbocycles. The normalized spacial score (nSPS) is 15.0. The summed E-state index contributed by atoms with van der Waals surface area (Å²) in [6.07, 6.45) is 5.61. The number of aryl methyl sites for hydroxylation is 1. The molecule has 1 atom stereocenters. The molecule has 0 unspecified atom stereocenters. The fourth-order valence-corrected chi connectivity index (χ4v) is 6.82. The lowest BCUT2D eigenvalue weighted by molar-refractivity contribution is 0.0183. The van der Waals surface area contributed by atoms with Crippen molar-refractivity contribution in [1.29, 1.82) is 0 Å². The third-order valence-electron chi connectivity index (χ3n) is 8.78. The number of aromatic nitrogens is 4. The summed E-state index contributed by atoms with van der Waals surface area (Å²) in [7, 11) is 1.78. The molecule has 0 amide bonds. The lowest BCUT2D eigenvalue weighted by Gasteiger charge is -2.35. The molecule has 9 nitrogen and oxygen atoms in total. The van der Waals surface area contributed by atoms with E-state index in [0.717, 1.165) is 66.2 Å². The van der Waals surface area contributed by atoms with Crippen molar-refractivity contribution in [3.8, 4) is 5.75 Å². The molecule has 1 N–H and O–H groups in total. The Morgan fingerprint density at radius 3 is 2.63 bits per heavy atom. The standard InChI is InChI=1S/C35H37Cl2N5O4/c1-3-41-22-38-18-28(41)19-42-31-16-26(35(43)44)7-9-30(31)39-33(42)20-40-13-11-24(12-14-40)34(45-2)25-6-4-5-23(15-25)21-46-32-10-8-27(36)17-29(32)37/h4-10,15-18,22,24,34H,3,11-14,19-21H2,1-2H3,(H,43,44)/t34-/m0/s1. The van der Waals surface area contributed by atoms with Gasteiger partial charge in [-0.25, -0.2) is 14.8 Å². The first-order valence-corrected chi connectivity index (χ1v) is 16.2. The Morgan fingerprint density at radius 1 is 1.07 bits per heavy atom. The molecule has 1 aliphatic heterocycles. The average Bonchev–Trinajstić information content (AvgIpc) is 3.65. The van der Waals surface area contributed by atoms with Gasteiger partial charge in [0.05, 0.1) is 52.8 Å². The van der Waals surface area contributed by atoms with Crippen LogP contribution in [-0.4, -0.2) is 55.3 Å². The molecule has 1 saturated heterocycles. The first-order chi connectivity index (χ1) is 22.3. The van der Waals surface area contributed by atoms with Crippen LogP contribution in [0.2, 0.25) is 10.0 Å². The maximum absolute atomic E-state index is 11.8. The first kappa shape index (κ1) is 32.1. The van der Waals surface area contributed by atoms with Gasteiger partial charge in [0.15, 0.2) is 0 Å². The number of hydrogen-bond donors (Lipinski definition) is 1. The number of halogens is 2. The molecule has 1 aliphatic rings. The van der Waals surface area contributed by atoms with Crippen LogP contribution in [-0.2, 0) is 31.0 Å². The zero-order valence-electron chi connectivity index (χ0n) is 25.9. The molecule has 2 aromatic heterocycles. The Labute approximate surface area is 278 Å². The highest BCUT2D eigenvalue weighted by atomic mass is 35.5. The van der Waals surface area contributed by atoms with E-state index in [1.54, 1.807) is 43.5 Å². The highest BCUT2D eigenvalue weighted by molar-refractivity contribution is 6.35. The van der Waals surface area contributed by atoms with E-state index in [1.165, 1.54) is 0 Å². The van der Waals surface area contributed by atoms with E-state index in [-0.39, 0.29) is 11.7 Å². The molecule has 11 heteroatoms. The Kier molecular flexibility index (Phi) is 9.94. The van der Waals surface area contributed by atoms with E-state index < -0.39 is 5.97 Å².